The van der Waals surface area contributed by atoms with Gasteiger partial charge in [-0.3, -0.25) is 4.79 Å². The van der Waals surface area contributed by atoms with Crippen LogP contribution in [0.3, 0.4) is 0 Å². The molecule has 0 saturated heterocycles. The van der Waals surface area contributed by atoms with Crippen LogP contribution in [-0.4, -0.2) is 19.5 Å². The lowest BCUT2D eigenvalue weighted by Gasteiger charge is -2.30. The Balaban J connectivity index is 3.00. The van der Waals surface area contributed by atoms with Crippen LogP contribution in [0, 0.1) is 19.3 Å². The maximum absolute atomic E-state index is 12.5. The summed E-state index contributed by atoms with van der Waals surface area (Å²) in [4.78, 5) is 14.2. The first kappa shape index (κ1) is 14.7. The van der Waals surface area contributed by atoms with E-state index in [1.165, 1.54) is 5.56 Å². The molecular formula is C15H24N2O. The fourth-order valence-corrected chi connectivity index (χ4v) is 2.21. The quantitative estimate of drug-likeness (QED) is 0.890. The number of benzene rings is 1. The highest BCUT2D eigenvalue weighted by Crippen LogP contribution is 2.27. The molecule has 0 unspecified atom stereocenters. The van der Waals surface area contributed by atoms with E-state index in [2.05, 4.69) is 13.0 Å². The average Bonchev–Trinajstić information content (AvgIpc) is 2.27. The van der Waals surface area contributed by atoms with E-state index in [-0.39, 0.29) is 5.91 Å². The Kier molecular flexibility index (Phi) is 4.52. The van der Waals surface area contributed by atoms with Crippen LogP contribution < -0.4 is 10.6 Å². The molecule has 0 aliphatic carbocycles. The summed E-state index contributed by atoms with van der Waals surface area (Å²) in [7, 11) is 1.83. The van der Waals surface area contributed by atoms with Crippen molar-refractivity contribution in [2.75, 3.05) is 18.5 Å². The summed E-state index contributed by atoms with van der Waals surface area (Å²) in [6.45, 7) is 8.50. The first-order valence-electron chi connectivity index (χ1n) is 6.35. The molecule has 3 nitrogen and oxygen atoms in total. The smallest absolute Gasteiger partial charge is 0.232 e. The van der Waals surface area contributed by atoms with E-state index in [0.29, 0.717) is 13.0 Å². The Bertz CT molecular complexity index is 438. The normalized spacial score (nSPS) is 11.4. The van der Waals surface area contributed by atoms with Crippen molar-refractivity contribution < 1.29 is 4.79 Å². The summed E-state index contributed by atoms with van der Waals surface area (Å²) in [6, 6.07) is 6.12. The van der Waals surface area contributed by atoms with Crippen molar-refractivity contribution in [1.29, 1.82) is 0 Å². The van der Waals surface area contributed by atoms with Crippen LogP contribution in [-0.2, 0) is 4.79 Å². The van der Waals surface area contributed by atoms with Gasteiger partial charge in [0.2, 0.25) is 5.91 Å². The lowest BCUT2D eigenvalue weighted by Crippen LogP contribution is -2.40. The van der Waals surface area contributed by atoms with Crippen molar-refractivity contribution in [2.45, 2.75) is 34.1 Å². The van der Waals surface area contributed by atoms with Gasteiger partial charge in [0, 0.05) is 18.2 Å². The SMILES string of the molecule is Cc1ccc(N(C)C(=O)C(C)(C)CCN)c(C)c1. The van der Waals surface area contributed by atoms with Crippen molar-refractivity contribution >= 4 is 11.6 Å². The third kappa shape index (κ3) is 3.10. The minimum absolute atomic E-state index is 0.111. The van der Waals surface area contributed by atoms with Gasteiger partial charge in [-0.15, -0.1) is 0 Å². The molecule has 100 valence electrons. The van der Waals surface area contributed by atoms with Crippen LogP contribution >= 0.6 is 0 Å². The number of hydrogen-bond donors (Lipinski definition) is 1. The number of amides is 1. The highest BCUT2D eigenvalue weighted by molar-refractivity contribution is 5.97. The summed E-state index contributed by atoms with van der Waals surface area (Å²) in [6.07, 6.45) is 0.696. The van der Waals surface area contributed by atoms with Crippen molar-refractivity contribution in [3.63, 3.8) is 0 Å². The standard InChI is InChI=1S/C15H24N2O/c1-11-6-7-13(12(2)10-11)17(5)14(18)15(3,4)8-9-16/h6-7,10H,8-9,16H2,1-5H3. The summed E-state index contributed by atoms with van der Waals surface area (Å²) in [5, 5.41) is 0. The van der Waals surface area contributed by atoms with Gasteiger partial charge in [-0.1, -0.05) is 31.5 Å². The fraction of sp³-hybridized carbons (Fsp3) is 0.533. The molecule has 2 N–H and O–H groups in total. The third-order valence-corrected chi connectivity index (χ3v) is 3.37. The molecule has 0 saturated carbocycles. The number of anilines is 1. The minimum Gasteiger partial charge on any atom is -0.330 e. The van der Waals surface area contributed by atoms with Crippen LogP contribution in [0.15, 0.2) is 18.2 Å². The molecule has 1 aromatic rings. The Labute approximate surface area is 110 Å². The first-order chi connectivity index (χ1) is 8.29. The molecule has 0 aliphatic rings. The number of aryl methyl sites for hydroxylation is 2. The molecule has 0 bridgehead atoms. The molecule has 1 amide bonds. The van der Waals surface area contributed by atoms with E-state index in [9.17, 15) is 4.79 Å². The van der Waals surface area contributed by atoms with Crippen LogP contribution in [0.25, 0.3) is 0 Å². The number of carbonyl (C=O) groups is 1. The number of nitrogens with zero attached hydrogens (tertiary/aromatic N) is 1. The lowest BCUT2D eigenvalue weighted by atomic mass is 9.87. The van der Waals surface area contributed by atoms with Crippen molar-refractivity contribution in [3.05, 3.63) is 29.3 Å². The topological polar surface area (TPSA) is 46.3 Å². The highest BCUT2D eigenvalue weighted by atomic mass is 16.2. The monoisotopic (exact) mass is 248 g/mol. The van der Waals surface area contributed by atoms with Crippen molar-refractivity contribution in [1.82, 2.24) is 0 Å². The number of nitrogens with two attached hydrogens (primary N) is 1. The molecule has 0 fully saturated rings. The van der Waals surface area contributed by atoms with E-state index in [1.54, 1.807) is 4.90 Å². The van der Waals surface area contributed by atoms with Crippen LogP contribution in [0.5, 0.6) is 0 Å². The van der Waals surface area contributed by atoms with E-state index in [0.717, 1.165) is 11.3 Å². The van der Waals surface area contributed by atoms with E-state index in [1.807, 2.05) is 40.0 Å². The van der Waals surface area contributed by atoms with Gasteiger partial charge >= 0.3 is 0 Å². The molecule has 0 aromatic heterocycles. The van der Waals surface area contributed by atoms with E-state index >= 15 is 0 Å². The predicted octanol–water partition coefficient (Wildman–Crippen LogP) is 2.64. The number of hydrogen-bond acceptors (Lipinski definition) is 2. The van der Waals surface area contributed by atoms with Gasteiger partial charge in [-0.2, -0.15) is 0 Å². The fourth-order valence-electron chi connectivity index (χ4n) is 2.21. The van der Waals surface area contributed by atoms with Gasteiger partial charge in [0.1, 0.15) is 0 Å². The van der Waals surface area contributed by atoms with Gasteiger partial charge < -0.3 is 10.6 Å². The molecule has 0 heterocycles. The number of carbonyl (C=O) groups excluding carboxylic acids is 1. The summed E-state index contributed by atoms with van der Waals surface area (Å²) in [5.41, 5.74) is 8.45. The van der Waals surface area contributed by atoms with Crippen molar-refractivity contribution in [3.8, 4) is 0 Å². The van der Waals surface area contributed by atoms with Gasteiger partial charge in [0.05, 0.1) is 0 Å². The molecule has 3 heteroatoms. The van der Waals surface area contributed by atoms with Crippen LogP contribution in [0.4, 0.5) is 5.69 Å². The summed E-state index contributed by atoms with van der Waals surface area (Å²) >= 11 is 0. The second-order valence-electron chi connectivity index (χ2n) is 5.58. The van der Waals surface area contributed by atoms with E-state index in [4.69, 9.17) is 5.73 Å². The molecule has 1 rings (SSSR count). The molecule has 1 aromatic carbocycles. The average molecular weight is 248 g/mol. The molecule has 0 spiro atoms. The Morgan fingerprint density at radius 1 is 1.33 bits per heavy atom. The van der Waals surface area contributed by atoms with Crippen molar-refractivity contribution in [2.24, 2.45) is 11.1 Å². The molecule has 0 atom stereocenters. The zero-order valence-electron chi connectivity index (χ0n) is 12.1. The maximum atomic E-state index is 12.5. The largest absolute Gasteiger partial charge is 0.330 e. The second-order valence-corrected chi connectivity index (χ2v) is 5.58. The second kappa shape index (κ2) is 5.53. The van der Waals surface area contributed by atoms with Gasteiger partial charge in [0.15, 0.2) is 0 Å². The molecular weight excluding hydrogens is 224 g/mol. The minimum atomic E-state index is -0.416. The van der Waals surface area contributed by atoms with Gasteiger partial charge in [-0.25, -0.2) is 0 Å². The van der Waals surface area contributed by atoms with E-state index < -0.39 is 5.41 Å². The van der Waals surface area contributed by atoms with Crippen LogP contribution in [0.2, 0.25) is 0 Å². The molecule has 0 radical (unpaired) electrons. The Morgan fingerprint density at radius 2 is 1.94 bits per heavy atom. The zero-order valence-corrected chi connectivity index (χ0v) is 12.1. The number of rotatable bonds is 4. The highest BCUT2D eigenvalue weighted by Gasteiger charge is 2.30. The molecule has 18 heavy (non-hydrogen) atoms. The third-order valence-electron chi connectivity index (χ3n) is 3.37. The summed E-state index contributed by atoms with van der Waals surface area (Å²) < 4.78 is 0. The van der Waals surface area contributed by atoms with Crippen LogP contribution in [0.1, 0.15) is 31.4 Å². The van der Waals surface area contributed by atoms with Gasteiger partial charge in [-0.05, 0) is 38.4 Å². The predicted molar refractivity (Wildman–Crippen MR) is 76.8 cm³/mol. The lowest BCUT2D eigenvalue weighted by molar-refractivity contribution is -0.126. The molecule has 0 aliphatic heterocycles. The Hall–Kier alpha value is -1.35. The Morgan fingerprint density at radius 3 is 2.44 bits per heavy atom. The maximum Gasteiger partial charge on any atom is 0.232 e. The first-order valence-corrected chi connectivity index (χ1v) is 6.35. The zero-order chi connectivity index (χ0) is 13.9. The summed E-state index contributed by atoms with van der Waals surface area (Å²) in [5.74, 6) is 0.111. The van der Waals surface area contributed by atoms with Gasteiger partial charge in [0.25, 0.3) is 0 Å².